The fraction of sp³-hybridized carbons (Fsp3) is 0.480. The van der Waals surface area contributed by atoms with Gasteiger partial charge in [-0.1, -0.05) is 30.3 Å². The summed E-state index contributed by atoms with van der Waals surface area (Å²) >= 11 is 0. The van der Waals surface area contributed by atoms with Crippen LogP contribution in [0.3, 0.4) is 0 Å². The van der Waals surface area contributed by atoms with Gasteiger partial charge in [-0.3, -0.25) is 14.5 Å². The quantitative estimate of drug-likeness (QED) is 0.701. The topological polar surface area (TPSA) is 76.5 Å². The van der Waals surface area contributed by atoms with Crippen molar-refractivity contribution in [3.8, 4) is 0 Å². The number of nitrogens with one attached hydrogen (secondary N) is 1. The van der Waals surface area contributed by atoms with E-state index >= 15 is 0 Å². The number of rotatable bonds is 6. The first-order valence-electron chi connectivity index (χ1n) is 11.3. The highest BCUT2D eigenvalue weighted by molar-refractivity contribution is 5.99. The van der Waals surface area contributed by atoms with Gasteiger partial charge in [0.2, 0.25) is 0 Å². The van der Waals surface area contributed by atoms with E-state index in [1.54, 1.807) is 6.20 Å². The maximum Gasteiger partial charge on any atom is 0.313 e. The fourth-order valence-corrected chi connectivity index (χ4v) is 5.14. The molecule has 1 aliphatic carbocycles. The molecule has 170 valence electrons. The van der Waals surface area contributed by atoms with E-state index in [2.05, 4.69) is 27.3 Å². The Labute approximate surface area is 189 Å². The predicted molar refractivity (Wildman–Crippen MR) is 121 cm³/mol. The van der Waals surface area contributed by atoms with Crippen LogP contribution < -0.4 is 5.32 Å². The molecule has 2 heterocycles. The van der Waals surface area contributed by atoms with Crippen molar-refractivity contribution in [2.24, 2.45) is 13.0 Å². The first-order chi connectivity index (χ1) is 15.4. The van der Waals surface area contributed by atoms with Crippen LogP contribution in [0.15, 0.2) is 54.0 Å². The van der Waals surface area contributed by atoms with Crippen LogP contribution in [-0.4, -0.2) is 45.5 Å². The van der Waals surface area contributed by atoms with Crippen LogP contribution in [0.25, 0.3) is 0 Å². The second-order valence-electron chi connectivity index (χ2n) is 8.89. The summed E-state index contributed by atoms with van der Waals surface area (Å²) in [5.74, 6) is -0.625. The number of aromatic nitrogens is 2. The van der Waals surface area contributed by atoms with Gasteiger partial charge in [0.15, 0.2) is 5.78 Å². The number of imidazole rings is 1. The van der Waals surface area contributed by atoms with E-state index in [-0.39, 0.29) is 18.4 Å². The minimum absolute atomic E-state index is 0.0915. The van der Waals surface area contributed by atoms with Crippen molar-refractivity contribution < 1.29 is 14.3 Å². The number of hydrogen-bond acceptors (Lipinski definition) is 6. The molecular formula is C25H32N4O3. The van der Waals surface area contributed by atoms with Crippen LogP contribution >= 0.6 is 0 Å². The van der Waals surface area contributed by atoms with E-state index in [1.165, 1.54) is 0 Å². The minimum atomic E-state index is -0.769. The highest BCUT2D eigenvalue weighted by atomic mass is 16.5. The van der Waals surface area contributed by atoms with Crippen molar-refractivity contribution in [2.75, 3.05) is 13.7 Å². The number of Topliss-reactive ketones (excluding diaryl/α,β-unsaturated/α-hetero) is 1. The molecule has 0 fully saturated rings. The van der Waals surface area contributed by atoms with Crippen molar-refractivity contribution in [3.63, 3.8) is 0 Å². The van der Waals surface area contributed by atoms with Crippen LogP contribution in [0, 0.1) is 5.92 Å². The minimum Gasteiger partial charge on any atom is -0.466 e. The summed E-state index contributed by atoms with van der Waals surface area (Å²) in [6.07, 6.45) is 5.66. The maximum absolute atomic E-state index is 13.5. The monoisotopic (exact) mass is 436 g/mol. The zero-order valence-electron chi connectivity index (χ0n) is 19.3. The van der Waals surface area contributed by atoms with Gasteiger partial charge in [-0.05, 0) is 39.3 Å². The first-order valence-corrected chi connectivity index (χ1v) is 11.3. The van der Waals surface area contributed by atoms with E-state index in [4.69, 9.17) is 4.74 Å². The summed E-state index contributed by atoms with van der Waals surface area (Å²) in [5.41, 5.74) is 2.00. The normalized spacial score (nSPS) is 25.5. The molecule has 1 aliphatic heterocycles. The molecule has 0 spiro atoms. The third kappa shape index (κ3) is 3.86. The van der Waals surface area contributed by atoms with Gasteiger partial charge in [0.1, 0.15) is 17.4 Å². The number of carbonyl (C=O) groups excluding carboxylic acids is 2. The summed E-state index contributed by atoms with van der Waals surface area (Å²) in [4.78, 5) is 33.4. The first kappa shape index (κ1) is 22.3. The van der Waals surface area contributed by atoms with Gasteiger partial charge >= 0.3 is 5.97 Å². The van der Waals surface area contributed by atoms with Crippen LogP contribution in [0.2, 0.25) is 0 Å². The van der Waals surface area contributed by atoms with Crippen molar-refractivity contribution in [2.45, 2.75) is 51.2 Å². The van der Waals surface area contributed by atoms with Crippen molar-refractivity contribution in [3.05, 3.63) is 65.4 Å². The largest absolute Gasteiger partial charge is 0.466 e. The molecule has 4 rings (SSSR count). The highest BCUT2D eigenvalue weighted by Gasteiger charge is 2.55. The summed E-state index contributed by atoms with van der Waals surface area (Å²) in [5, 5.41) is 3.63. The van der Waals surface area contributed by atoms with Crippen molar-refractivity contribution in [1.29, 1.82) is 0 Å². The van der Waals surface area contributed by atoms with E-state index in [9.17, 15) is 9.59 Å². The van der Waals surface area contributed by atoms with Crippen molar-refractivity contribution >= 4 is 11.8 Å². The molecule has 1 aromatic carbocycles. The van der Waals surface area contributed by atoms with E-state index in [1.807, 2.05) is 56.9 Å². The number of benzene rings is 1. The highest BCUT2D eigenvalue weighted by Crippen LogP contribution is 2.47. The Morgan fingerprint density at radius 1 is 1.31 bits per heavy atom. The van der Waals surface area contributed by atoms with E-state index in [0.29, 0.717) is 24.4 Å². The van der Waals surface area contributed by atoms with Gasteiger partial charge in [0.05, 0.1) is 12.5 Å². The molecule has 0 amide bonds. The fourth-order valence-electron chi connectivity index (χ4n) is 5.14. The number of esters is 1. The van der Waals surface area contributed by atoms with Crippen LogP contribution in [0.4, 0.5) is 0 Å². The van der Waals surface area contributed by atoms with Gasteiger partial charge in [-0.15, -0.1) is 0 Å². The molecule has 0 bridgehead atoms. The molecule has 0 saturated carbocycles. The summed E-state index contributed by atoms with van der Waals surface area (Å²) in [6.45, 7) is 4.77. The molecule has 1 N–H and O–H groups in total. The Morgan fingerprint density at radius 3 is 2.72 bits per heavy atom. The Hall–Kier alpha value is -2.93. The van der Waals surface area contributed by atoms with Gasteiger partial charge in [0, 0.05) is 43.7 Å². The molecule has 3 unspecified atom stereocenters. The molecule has 0 saturated heterocycles. The van der Waals surface area contributed by atoms with Crippen LogP contribution in [0.5, 0.6) is 0 Å². The zero-order chi connectivity index (χ0) is 22.9. The second kappa shape index (κ2) is 8.90. The maximum atomic E-state index is 13.5. The number of aryl methyl sites for hydroxylation is 1. The number of nitrogens with zero attached hydrogens (tertiary/aromatic N) is 3. The molecule has 2 aromatic rings. The van der Waals surface area contributed by atoms with Gasteiger partial charge in [0.25, 0.3) is 0 Å². The molecule has 3 atom stereocenters. The lowest BCUT2D eigenvalue weighted by molar-refractivity contribution is -0.157. The number of allylic oxidation sites excluding steroid dienone is 2. The van der Waals surface area contributed by atoms with Gasteiger partial charge in [-0.2, -0.15) is 0 Å². The molecule has 1 aromatic heterocycles. The molecule has 7 heteroatoms. The smallest absolute Gasteiger partial charge is 0.313 e. The number of hydrogen-bond donors (Lipinski definition) is 1. The van der Waals surface area contributed by atoms with E-state index in [0.717, 1.165) is 24.1 Å². The summed E-state index contributed by atoms with van der Waals surface area (Å²) in [6, 6.07) is 10.2. The Balaban J connectivity index is 1.86. The Morgan fingerprint density at radius 2 is 2.06 bits per heavy atom. The lowest BCUT2D eigenvalue weighted by Gasteiger charge is -2.52. The number of ether oxygens (including phenoxy) is 1. The number of ketones is 1. The predicted octanol–water partition coefficient (Wildman–Crippen LogP) is 3.14. The summed E-state index contributed by atoms with van der Waals surface area (Å²) in [7, 11) is 3.92. The lowest BCUT2D eigenvalue weighted by atomic mass is 9.69. The Bertz CT molecular complexity index is 1030. The number of carbonyl (C=O) groups is 2. The van der Waals surface area contributed by atoms with Crippen LogP contribution in [0.1, 0.15) is 50.4 Å². The third-order valence-electron chi connectivity index (χ3n) is 6.84. The molecule has 32 heavy (non-hydrogen) atoms. The average Bonchev–Trinajstić information content (AvgIpc) is 3.19. The van der Waals surface area contributed by atoms with Crippen molar-refractivity contribution in [1.82, 2.24) is 19.8 Å². The average molecular weight is 437 g/mol. The zero-order valence-corrected chi connectivity index (χ0v) is 19.3. The van der Waals surface area contributed by atoms with Crippen LogP contribution in [-0.2, 0) is 27.9 Å². The van der Waals surface area contributed by atoms with Gasteiger partial charge < -0.3 is 14.6 Å². The van der Waals surface area contributed by atoms with Gasteiger partial charge in [-0.25, -0.2) is 4.98 Å². The molecule has 7 nitrogen and oxygen atoms in total. The SMILES string of the molecule is CCOC(=O)C1C(c2nccn2C)C2=C(CCCC2=O)NC1(C)N(C)Cc1ccccc1. The standard InChI is InChI=1S/C25H32N4O3/c1-5-32-24(31)22-21(23-26-14-15-28(23)3)20-18(12-9-13-19(20)30)27-25(22,2)29(4)16-17-10-7-6-8-11-17/h6-8,10-11,14-15,21-22,27H,5,9,12-13,16H2,1-4H3. The lowest BCUT2D eigenvalue weighted by Crippen LogP contribution is -2.66. The Kier molecular flexibility index (Phi) is 6.20. The summed E-state index contributed by atoms with van der Waals surface area (Å²) < 4.78 is 7.49. The molecule has 2 aliphatic rings. The second-order valence-corrected chi connectivity index (χ2v) is 8.89. The molecule has 0 radical (unpaired) electrons. The van der Waals surface area contributed by atoms with E-state index < -0.39 is 17.5 Å². The third-order valence-corrected chi connectivity index (χ3v) is 6.84. The molecular weight excluding hydrogens is 404 g/mol.